The van der Waals surface area contributed by atoms with E-state index in [0.717, 1.165) is 43.4 Å². The van der Waals surface area contributed by atoms with E-state index in [4.69, 9.17) is 4.52 Å². The molecule has 1 fully saturated rings. The van der Waals surface area contributed by atoms with Gasteiger partial charge in [0.15, 0.2) is 5.82 Å². The SMILES string of the molecule is c1c(-c2nc(CN3CCNCC3)no2)sc2c1CCC2. The van der Waals surface area contributed by atoms with Crippen LogP contribution in [-0.4, -0.2) is 41.2 Å². The Bertz CT molecular complexity index is 579. The number of thiophene rings is 1. The maximum Gasteiger partial charge on any atom is 0.268 e. The van der Waals surface area contributed by atoms with Gasteiger partial charge in [-0.25, -0.2) is 0 Å². The number of aryl methyl sites for hydroxylation is 2. The zero-order chi connectivity index (χ0) is 13.4. The summed E-state index contributed by atoms with van der Waals surface area (Å²) >= 11 is 1.81. The topological polar surface area (TPSA) is 54.2 Å². The molecular weight excluding hydrogens is 272 g/mol. The van der Waals surface area contributed by atoms with Crippen molar-refractivity contribution in [1.82, 2.24) is 20.4 Å². The monoisotopic (exact) mass is 290 g/mol. The van der Waals surface area contributed by atoms with Gasteiger partial charge in [0.2, 0.25) is 0 Å². The van der Waals surface area contributed by atoms with Crippen LogP contribution in [0, 0.1) is 0 Å². The van der Waals surface area contributed by atoms with Gasteiger partial charge in [-0.2, -0.15) is 4.98 Å². The minimum Gasteiger partial charge on any atom is -0.333 e. The number of aromatic nitrogens is 2. The van der Waals surface area contributed by atoms with Gasteiger partial charge in [-0.1, -0.05) is 5.16 Å². The molecule has 2 aliphatic rings. The fourth-order valence-corrected chi connectivity index (χ4v) is 4.10. The Labute approximate surface area is 122 Å². The minimum absolute atomic E-state index is 0.689. The van der Waals surface area contributed by atoms with Gasteiger partial charge >= 0.3 is 0 Å². The van der Waals surface area contributed by atoms with Gasteiger partial charge in [0.05, 0.1) is 11.4 Å². The summed E-state index contributed by atoms with van der Waals surface area (Å²) in [4.78, 5) is 9.55. The van der Waals surface area contributed by atoms with Gasteiger partial charge in [0.1, 0.15) is 0 Å². The Kier molecular flexibility index (Phi) is 3.29. The Morgan fingerprint density at radius 3 is 3.05 bits per heavy atom. The van der Waals surface area contributed by atoms with Gasteiger partial charge < -0.3 is 9.84 Å². The number of hydrogen-bond acceptors (Lipinski definition) is 6. The highest BCUT2D eigenvalue weighted by atomic mass is 32.1. The van der Waals surface area contributed by atoms with Crippen LogP contribution in [0.2, 0.25) is 0 Å². The first kappa shape index (κ1) is 12.5. The normalized spacial score (nSPS) is 19.4. The molecule has 0 bridgehead atoms. The van der Waals surface area contributed by atoms with Crippen LogP contribution >= 0.6 is 11.3 Å². The van der Waals surface area contributed by atoms with E-state index < -0.39 is 0 Å². The van der Waals surface area contributed by atoms with Crippen molar-refractivity contribution in [2.24, 2.45) is 0 Å². The molecule has 4 rings (SSSR count). The predicted molar refractivity (Wildman–Crippen MR) is 77.8 cm³/mol. The molecule has 0 aromatic carbocycles. The molecule has 0 unspecified atom stereocenters. The lowest BCUT2D eigenvalue weighted by molar-refractivity contribution is 0.225. The van der Waals surface area contributed by atoms with Crippen molar-refractivity contribution in [1.29, 1.82) is 0 Å². The molecule has 5 nitrogen and oxygen atoms in total. The number of nitrogens with one attached hydrogen (secondary N) is 1. The van der Waals surface area contributed by atoms with E-state index >= 15 is 0 Å². The molecular formula is C14H18N4OS. The van der Waals surface area contributed by atoms with Gasteiger partial charge in [-0.15, -0.1) is 11.3 Å². The van der Waals surface area contributed by atoms with Crippen molar-refractivity contribution in [2.45, 2.75) is 25.8 Å². The van der Waals surface area contributed by atoms with Crippen LogP contribution in [0.25, 0.3) is 10.8 Å². The average molecular weight is 290 g/mol. The smallest absolute Gasteiger partial charge is 0.268 e. The third-order valence-corrected chi connectivity index (χ3v) is 5.23. The van der Waals surface area contributed by atoms with Crippen LogP contribution in [-0.2, 0) is 19.4 Å². The van der Waals surface area contributed by atoms with E-state index in [1.165, 1.54) is 29.7 Å². The predicted octanol–water partition coefficient (Wildman–Crippen LogP) is 1.69. The van der Waals surface area contributed by atoms with Crippen LogP contribution in [0.4, 0.5) is 0 Å². The van der Waals surface area contributed by atoms with Crippen molar-refractivity contribution in [3.63, 3.8) is 0 Å². The van der Waals surface area contributed by atoms with Crippen molar-refractivity contribution in [3.8, 4) is 10.8 Å². The molecule has 6 heteroatoms. The molecule has 1 aliphatic heterocycles. The van der Waals surface area contributed by atoms with Crippen LogP contribution in [0.3, 0.4) is 0 Å². The molecule has 0 amide bonds. The highest BCUT2D eigenvalue weighted by Gasteiger charge is 2.20. The molecule has 3 heterocycles. The lowest BCUT2D eigenvalue weighted by Gasteiger charge is -2.25. The standard InChI is InChI=1S/C14H18N4OS/c1-2-10-8-12(20-11(10)3-1)14-16-13(17-19-14)9-18-6-4-15-5-7-18/h8,15H,1-7,9H2. The second-order valence-corrected chi connectivity index (χ2v) is 6.59. The minimum atomic E-state index is 0.689. The first-order chi connectivity index (χ1) is 9.88. The Balaban J connectivity index is 1.49. The number of fused-ring (bicyclic) bond motifs is 1. The molecule has 106 valence electrons. The zero-order valence-corrected chi connectivity index (χ0v) is 12.2. The largest absolute Gasteiger partial charge is 0.333 e. The third kappa shape index (κ3) is 2.39. The summed E-state index contributed by atoms with van der Waals surface area (Å²) in [6.45, 7) is 4.98. The summed E-state index contributed by atoms with van der Waals surface area (Å²) in [5.74, 6) is 1.49. The first-order valence-electron chi connectivity index (χ1n) is 7.26. The molecule has 1 saturated heterocycles. The summed E-state index contributed by atoms with van der Waals surface area (Å²) in [5, 5.41) is 7.48. The van der Waals surface area contributed by atoms with Crippen LogP contribution < -0.4 is 5.32 Å². The van der Waals surface area contributed by atoms with Crippen LogP contribution in [0.1, 0.15) is 22.7 Å². The van der Waals surface area contributed by atoms with E-state index in [-0.39, 0.29) is 0 Å². The van der Waals surface area contributed by atoms with Gasteiger partial charge in [0, 0.05) is 31.1 Å². The van der Waals surface area contributed by atoms with Crippen molar-refractivity contribution in [3.05, 3.63) is 22.3 Å². The number of piperazine rings is 1. The highest BCUT2D eigenvalue weighted by molar-refractivity contribution is 7.15. The lowest BCUT2D eigenvalue weighted by Crippen LogP contribution is -2.43. The first-order valence-corrected chi connectivity index (χ1v) is 8.08. The fraction of sp³-hybridized carbons (Fsp3) is 0.571. The van der Waals surface area contributed by atoms with Gasteiger partial charge in [-0.05, 0) is 30.9 Å². The molecule has 0 atom stereocenters. The lowest BCUT2D eigenvalue weighted by atomic mass is 10.2. The maximum atomic E-state index is 5.44. The van der Waals surface area contributed by atoms with Crippen molar-refractivity contribution < 1.29 is 4.52 Å². The third-order valence-electron chi connectivity index (χ3n) is 4.00. The van der Waals surface area contributed by atoms with E-state index in [1.807, 2.05) is 11.3 Å². The second kappa shape index (κ2) is 5.27. The van der Waals surface area contributed by atoms with E-state index in [2.05, 4.69) is 26.4 Å². The molecule has 20 heavy (non-hydrogen) atoms. The Morgan fingerprint density at radius 1 is 1.30 bits per heavy atom. The summed E-state index contributed by atoms with van der Waals surface area (Å²) in [6, 6.07) is 2.23. The number of rotatable bonds is 3. The molecule has 2 aromatic heterocycles. The Hall–Kier alpha value is -1.24. The molecule has 0 saturated carbocycles. The van der Waals surface area contributed by atoms with Crippen LogP contribution in [0.15, 0.2) is 10.6 Å². The van der Waals surface area contributed by atoms with Crippen molar-refractivity contribution >= 4 is 11.3 Å². The molecule has 1 aliphatic carbocycles. The summed E-state index contributed by atoms with van der Waals surface area (Å²) in [5.41, 5.74) is 1.48. The second-order valence-electron chi connectivity index (χ2n) is 5.45. The van der Waals surface area contributed by atoms with E-state index in [9.17, 15) is 0 Å². The van der Waals surface area contributed by atoms with Crippen molar-refractivity contribution in [2.75, 3.05) is 26.2 Å². The Morgan fingerprint density at radius 2 is 2.20 bits per heavy atom. The number of nitrogens with zero attached hydrogens (tertiary/aromatic N) is 3. The molecule has 2 aromatic rings. The summed E-state index contributed by atoms with van der Waals surface area (Å²) < 4.78 is 5.44. The zero-order valence-electron chi connectivity index (χ0n) is 11.4. The van der Waals surface area contributed by atoms with Gasteiger partial charge in [-0.3, -0.25) is 4.90 Å². The molecule has 0 spiro atoms. The molecule has 0 radical (unpaired) electrons. The van der Waals surface area contributed by atoms with Gasteiger partial charge in [0.25, 0.3) is 5.89 Å². The maximum absolute atomic E-state index is 5.44. The van der Waals surface area contributed by atoms with E-state index in [0.29, 0.717) is 5.89 Å². The van der Waals surface area contributed by atoms with Crippen LogP contribution in [0.5, 0.6) is 0 Å². The molecule has 1 N–H and O–H groups in total. The van der Waals surface area contributed by atoms with E-state index in [1.54, 1.807) is 0 Å². The number of hydrogen-bond donors (Lipinski definition) is 1. The fourth-order valence-electron chi connectivity index (χ4n) is 2.92. The highest BCUT2D eigenvalue weighted by Crippen LogP contribution is 2.35. The average Bonchev–Trinajstić information content (AvgIpc) is 3.13. The summed E-state index contributed by atoms with van der Waals surface area (Å²) in [6.07, 6.45) is 3.70. The quantitative estimate of drug-likeness (QED) is 0.932. The summed E-state index contributed by atoms with van der Waals surface area (Å²) in [7, 11) is 0.